The van der Waals surface area contributed by atoms with Gasteiger partial charge in [-0.05, 0) is 25.5 Å². The molecule has 0 fully saturated rings. The minimum Gasteiger partial charge on any atom is -0.462 e. The Kier molecular flexibility index (Phi) is 3.28. The highest BCUT2D eigenvalue weighted by Crippen LogP contribution is 2.17. The number of hydrogen-bond donors (Lipinski definition) is 2. The third-order valence-electron chi connectivity index (χ3n) is 1.75. The summed E-state index contributed by atoms with van der Waals surface area (Å²) in [6, 6.07) is 7.33. The summed E-state index contributed by atoms with van der Waals surface area (Å²) in [6.45, 7) is 3.35. The second kappa shape index (κ2) is 4.25. The van der Waals surface area contributed by atoms with Gasteiger partial charge in [0, 0.05) is 0 Å². The number of aryl methyl sites for hydroxylation is 1. The van der Waals surface area contributed by atoms with Gasteiger partial charge >= 0.3 is 0 Å². The molecule has 0 spiro atoms. The van der Waals surface area contributed by atoms with E-state index in [0.717, 1.165) is 5.56 Å². The van der Waals surface area contributed by atoms with Crippen molar-refractivity contribution < 1.29 is 14.9 Å². The third kappa shape index (κ3) is 2.72. The number of rotatable bonds is 3. The van der Waals surface area contributed by atoms with Crippen molar-refractivity contribution in [1.29, 1.82) is 0 Å². The van der Waals surface area contributed by atoms with Crippen LogP contribution in [0.1, 0.15) is 12.5 Å². The third-order valence-corrected chi connectivity index (χ3v) is 1.75. The van der Waals surface area contributed by atoms with E-state index in [1.165, 1.54) is 6.92 Å². The van der Waals surface area contributed by atoms with Crippen LogP contribution in [0.5, 0.6) is 5.75 Å². The van der Waals surface area contributed by atoms with E-state index in [1.807, 2.05) is 25.1 Å². The first kappa shape index (κ1) is 10.0. The molecule has 0 bridgehead atoms. The number of para-hydroxylation sites is 1. The van der Waals surface area contributed by atoms with E-state index in [1.54, 1.807) is 6.07 Å². The molecule has 1 rings (SSSR count). The molecule has 0 saturated carbocycles. The van der Waals surface area contributed by atoms with Crippen LogP contribution in [0.15, 0.2) is 24.3 Å². The lowest BCUT2D eigenvalue weighted by molar-refractivity contribution is -0.0961. The fourth-order valence-electron chi connectivity index (χ4n) is 0.917. The van der Waals surface area contributed by atoms with Gasteiger partial charge in [-0.1, -0.05) is 18.2 Å². The standard InChI is InChI=1S/C10H14O3/c1-7-5-3-4-6-9(7)13-10(12)8(2)11/h3-6,8,10-12H,1-2H3. The maximum atomic E-state index is 9.23. The van der Waals surface area contributed by atoms with E-state index < -0.39 is 12.4 Å². The van der Waals surface area contributed by atoms with Crippen LogP contribution in [0, 0.1) is 6.92 Å². The molecule has 1 aromatic carbocycles. The Bertz CT molecular complexity index is 271. The number of ether oxygens (including phenoxy) is 1. The van der Waals surface area contributed by atoms with Crippen LogP contribution < -0.4 is 4.74 Å². The molecule has 0 aliphatic heterocycles. The molecule has 0 aliphatic carbocycles. The minimum atomic E-state index is -1.17. The highest BCUT2D eigenvalue weighted by molar-refractivity contribution is 5.31. The Morgan fingerprint density at radius 1 is 1.23 bits per heavy atom. The van der Waals surface area contributed by atoms with Crippen LogP contribution in [-0.2, 0) is 0 Å². The van der Waals surface area contributed by atoms with Gasteiger partial charge in [-0.3, -0.25) is 0 Å². The number of benzene rings is 1. The predicted molar refractivity (Wildman–Crippen MR) is 49.5 cm³/mol. The SMILES string of the molecule is Cc1ccccc1OC(O)C(C)O. The van der Waals surface area contributed by atoms with Crippen LogP contribution in [0.2, 0.25) is 0 Å². The Balaban J connectivity index is 2.69. The summed E-state index contributed by atoms with van der Waals surface area (Å²) >= 11 is 0. The van der Waals surface area contributed by atoms with E-state index in [-0.39, 0.29) is 0 Å². The van der Waals surface area contributed by atoms with Crippen molar-refractivity contribution >= 4 is 0 Å². The van der Waals surface area contributed by atoms with Crippen molar-refractivity contribution in [3.8, 4) is 5.75 Å². The van der Waals surface area contributed by atoms with Crippen LogP contribution in [0.4, 0.5) is 0 Å². The molecule has 2 unspecified atom stereocenters. The van der Waals surface area contributed by atoms with Gasteiger partial charge < -0.3 is 14.9 Å². The van der Waals surface area contributed by atoms with Crippen molar-refractivity contribution in [3.05, 3.63) is 29.8 Å². The van der Waals surface area contributed by atoms with Crippen molar-refractivity contribution in [2.45, 2.75) is 26.2 Å². The summed E-state index contributed by atoms with van der Waals surface area (Å²) in [5.41, 5.74) is 0.933. The van der Waals surface area contributed by atoms with Gasteiger partial charge in [-0.2, -0.15) is 0 Å². The second-order valence-electron chi connectivity index (χ2n) is 3.01. The zero-order valence-corrected chi connectivity index (χ0v) is 7.77. The van der Waals surface area contributed by atoms with Crippen molar-refractivity contribution in [3.63, 3.8) is 0 Å². The van der Waals surface area contributed by atoms with Gasteiger partial charge in [0.05, 0.1) is 0 Å². The first-order valence-corrected chi connectivity index (χ1v) is 4.19. The van der Waals surface area contributed by atoms with Crippen LogP contribution in [-0.4, -0.2) is 22.6 Å². The summed E-state index contributed by atoms with van der Waals surface area (Å²) in [5.74, 6) is 0.593. The molecule has 0 aromatic heterocycles. The Morgan fingerprint density at radius 2 is 1.85 bits per heavy atom. The molecule has 0 amide bonds. The fourth-order valence-corrected chi connectivity index (χ4v) is 0.917. The van der Waals surface area contributed by atoms with Gasteiger partial charge in [0.1, 0.15) is 11.9 Å². The summed E-state index contributed by atoms with van der Waals surface area (Å²) in [6.07, 6.45) is -2.05. The lowest BCUT2D eigenvalue weighted by Crippen LogP contribution is -2.28. The molecule has 1 aromatic rings. The minimum absolute atomic E-state index is 0.593. The van der Waals surface area contributed by atoms with E-state index in [9.17, 15) is 5.11 Å². The summed E-state index contributed by atoms with van der Waals surface area (Å²) < 4.78 is 5.11. The van der Waals surface area contributed by atoms with Crippen LogP contribution >= 0.6 is 0 Å². The van der Waals surface area contributed by atoms with Gasteiger partial charge in [0.15, 0.2) is 0 Å². The van der Waals surface area contributed by atoms with E-state index in [0.29, 0.717) is 5.75 Å². The highest BCUT2D eigenvalue weighted by Gasteiger charge is 2.12. The molecule has 3 nitrogen and oxygen atoms in total. The monoisotopic (exact) mass is 182 g/mol. The lowest BCUT2D eigenvalue weighted by Gasteiger charge is -2.16. The normalized spacial score (nSPS) is 15.1. The predicted octanol–water partition coefficient (Wildman–Crippen LogP) is 1.07. The molecule has 2 N–H and O–H groups in total. The molecule has 13 heavy (non-hydrogen) atoms. The molecule has 0 aliphatic rings. The molecule has 2 atom stereocenters. The largest absolute Gasteiger partial charge is 0.462 e. The molecule has 0 saturated heterocycles. The topological polar surface area (TPSA) is 49.7 Å². The van der Waals surface area contributed by atoms with Crippen molar-refractivity contribution in [2.75, 3.05) is 0 Å². The van der Waals surface area contributed by atoms with Gasteiger partial charge in [-0.15, -0.1) is 0 Å². The highest BCUT2D eigenvalue weighted by atomic mass is 16.6. The Labute approximate surface area is 77.6 Å². The molecule has 3 heteroatoms. The van der Waals surface area contributed by atoms with Crippen molar-refractivity contribution in [2.24, 2.45) is 0 Å². The lowest BCUT2D eigenvalue weighted by atomic mass is 10.2. The Morgan fingerprint density at radius 3 is 2.38 bits per heavy atom. The number of aliphatic hydroxyl groups excluding tert-OH is 2. The second-order valence-corrected chi connectivity index (χ2v) is 3.01. The first-order chi connectivity index (χ1) is 6.11. The average molecular weight is 182 g/mol. The van der Waals surface area contributed by atoms with Crippen LogP contribution in [0.3, 0.4) is 0 Å². The van der Waals surface area contributed by atoms with E-state index in [4.69, 9.17) is 9.84 Å². The fraction of sp³-hybridized carbons (Fsp3) is 0.400. The zero-order valence-electron chi connectivity index (χ0n) is 7.77. The molecule has 0 radical (unpaired) electrons. The Hall–Kier alpha value is -1.06. The summed E-state index contributed by atoms with van der Waals surface area (Å²) in [4.78, 5) is 0. The molecule has 72 valence electrons. The van der Waals surface area contributed by atoms with Crippen LogP contribution in [0.25, 0.3) is 0 Å². The quantitative estimate of drug-likeness (QED) is 0.687. The average Bonchev–Trinajstić information content (AvgIpc) is 2.08. The molecular formula is C10H14O3. The summed E-state index contributed by atoms with van der Waals surface area (Å²) in [7, 11) is 0. The maximum absolute atomic E-state index is 9.23. The van der Waals surface area contributed by atoms with Crippen molar-refractivity contribution in [1.82, 2.24) is 0 Å². The summed E-state index contributed by atoms with van der Waals surface area (Å²) in [5, 5.41) is 18.2. The zero-order chi connectivity index (χ0) is 9.84. The number of aliphatic hydroxyl groups is 2. The van der Waals surface area contributed by atoms with Gasteiger partial charge in [0.2, 0.25) is 6.29 Å². The van der Waals surface area contributed by atoms with Gasteiger partial charge in [0.25, 0.3) is 0 Å². The first-order valence-electron chi connectivity index (χ1n) is 4.19. The number of hydrogen-bond acceptors (Lipinski definition) is 3. The van der Waals surface area contributed by atoms with Gasteiger partial charge in [-0.25, -0.2) is 0 Å². The van der Waals surface area contributed by atoms with E-state index >= 15 is 0 Å². The molecular weight excluding hydrogens is 168 g/mol. The maximum Gasteiger partial charge on any atom is 0.223 e. The smallest absolute Gasteiger partial charge is 0.223 e. The molecule has 0 heterocycles. The van der Waals surface area contributed by atoms with E-state index in [2.05, 4.69) is 0 Å².